The van der Waals surface area contributed by atoms with Crippen molar-refractivity contribution in [2.45, 2.75) is 6.10 Å². The lowest BCUT2D eigenvalue weighted by atomic mass is 10.1. The summed E-state index contributed by atoms with van der Waals surface area (Å²) in [5.41, 5.74) is 1.15. The van der Waals surface area contributed by atoms with Crippen molar-refractivity contribution in [1.82, 2.24) is 20.2 Å². The van der Waals surface area contributed by atoms with Gasteiger partial charge < -0.3 is 5.11 Å². The zero-order chi connectivity index (χ0) is 9.80. The highest BCUT2D eigenvalue weighted by Gasteiger charge is 2.11. The lowest BCUT2D eigenvalue weighted by Crippen LogP contribution is -2.03. The summed E-state index contributed by atoms with van der Waals surface area (Å²) >= 11 is 0. The van der Waals surface area contributed by atoms with Crippen molar-refractivity contribution < 1.29 is 5.11 Å². The first kappa shape index (κ1) is 8.71. The Morgan fingerprint density at radius 3 is 2.64 bits per heavy atom. The van der Waals surface area contributed by atoms with Gasteiger partial charge in [-0.1, -0.05) is 0 Å². The molecule has 1 N–H and O–H groups in total. The van der Waals surface area contributed by atoms with E-state index in [9.17, 15) is 5.11 Å². The summed E-state index contributed by atoms with van der Waals surface area (Å²) in [6, 6.07) is 1.69. The maximum absolute atomic E-state index is 9.82. The van der Waals surface area contributed by atoms with Crippen LogP contribution in [0.5, 0.6) is 0 Å². The highest BCUT2D eigenvalue weighted by Crippen LogP contribution is 2.16. The van der Waals surface area contributed by atoms with Gasteiger partial charge in [0.2, 0.25) is 0 Å². The van der Waals surface area contributed by atoms with Crippen molar-refractivity contribution in [2.75, 3.05) is 0 Å². The minimum absolute atomic E-state index is 0.500. The first-order valence-corrected chi connectivity index (χ1v) is 4.08. The molecular weight excluding hydrogens is 180 g/mol. The molecule has 2 rings (SSSR count). The molecular formula is C9H8N4O. The second-order valence-electron chi connectivity index (χ2n) is 2.71. The second-order valence-corrected chi connectivity index (χ2v) is 2.71. The maximum atomic E-state index is 9.82. The van der Waals surface area contributed by atoms with Gasteiger partial charge in [-0.2, -0.15) is 10.2 Å². The van der Waals surface area contributed by atoms with Gasteiger partial charge in [0.05, 0.1) is 18.1 Å². The lowest BCUT2D eigenvalue weighted by Gasteiger charge is -2.07. The summed E-state index contributed by atoms with van der Waals surface area (Å²) in [4.78, 5) is 7.87. The van der Waals surface area contributed by atoms with Crippen molar-refractivity contribution in [2.24, 2.45) is 0 Å². The first-order valence-electron chi connectivity index (χ1n) is 4.08. The van der Waals surface area contributed by atoms with Gasteiger partial charge in [0, 0.05) is 24.2 Å². The van der Waals surface area contributed by atoms with Gasteiger partial charge in [-0.15, -0.1) is 0 Å². The molecule has 1 atom stereocenters. The van der Waals surface area contributed by atoms with Gasteiger partial charge in [0.1, 0.15) is 6.10 Å². The molecule has 14 heavy (non-hydrogen) atoms. The van der Waals surface area contributed by atoms with Gasteiger partial charge in [0.15, 0.2) is 0 Å². The summed E-state index contributed by atoms with van der Waals surface area (Å²) in [5.74, 6) is 0. The van der Waals surface area contributed by atoms with Crippen molar-refractivity contribution in [3.63, 3.8) is 0 Å². The number of aromatic nitrogens is 4. The number of nitrogens with zero attached hydrogens (tertiary/aromatic N) is 4. The molecule has 5 heteroatoms. The number of rotatable bonds is 2. The number of aliphatic hydroxyl groups excluding tert-OH is 1. The van der Waals surface area contributed by atoms with Crippen LogP contribution >= 0.6 is 0 Å². The fourth-order valence-corrected chi connectivity index (χ4v) is 1.09. The number of hydrogen-bond donors (Lipinski definition) is 1. The Morgan fingerprint density at radius 2 is 2.00 bits per heavy atom. The summed E-state index contributed by atoms with van der Waals surface area (Å²) in [6.45, 7) is 0. The van der Waals surface area contributed by atoms with E-state index < -0.39 is 6.10 Å². The molecule has 70 valence electrons. The Labute approximate surface area is 80.5 Å². The zero-order valence-corrected chi connectivity index (χ0v) is 7.28. The lowest BCUT2D eigenvalue weighted by molar-refractivity contribution is 0.214. The van der Waals surface area contributed by atoms with E-state index in [1.54, 1.807) is 12.3 Å². The molecule has 1 unspecified atom stereocenters. The molecule has 0 aromatic carbocycles. The third kappa shape index (κ3) is 1.72. The number of hydrogen-bond acceptors (Lipinski definition) is 5. The molecule has 0 fully saturated rings. The highest BCUT2D eigenvalue weighted by molar-refractivity contribution is 5.19. The highest BCUT2D eigenvalue weighted by atomic mass is 16.3. The third-order valence-corrected chi connectivity index (χ3v) is 1.79. The van der Waals surface area contributed by atoms with Gasteiger partial charge in [-0.05, 0) is 6.07 Å². The van der Waals surface area contributed by atoms with Crippen LogP contribution in [-0.4, -0.2) is 25.3 Å². The smallest absolute Gasteiger partial charge is 0.124 e. The maximum Gasteiger partial charge on any atom is 0.124 e. The molecule has 0 aliphatic carbocycles. The number of aliphatic hydroxyl groups is 1. The van der Waals surface area contributed by atoms with E-state index in [1.807, 2.05) is 0 Å². The molecule has 2 aromatic rings. The quantitative estimate of drug-likeness (QED) is 0.736. The normalized spacial score (nSPS) is 12.4. The average Bonchev–Trinajstić information content (AvgIpc) is 2.30. The Balaban J connectivity index is 2.30. The largest absolute Gasteiger partial charge is 0.382 e. The summed E-state index contributed by atoms with van der Waals surface area (Å²) in [7, 11) is 0. The first-order chi connectivity index (χ1) is 6.88. The molecule has 2 heterocycles. The molecule has 5 nitrogen and oxygen atoms in total. The fourth-order valence-electron chi connectivity index (χ4n) is 1.09. The van der Waals surface area contributed by atoms with E-state index in [-0.39, 0.29) is 0 Å². The predicted octanol–water partition coefficient (Wildman–Crippen LogP) is 0.348. The topological polar surface area (TPSA) is 71.8 Å². The fraction of sp³-hybridized carbons (Fsp3) is 0.111. The van der Waals surface area contributed by atoms with Crippen LogP contribution in [0.1, 0.15) is 17.4 Å². The van der Waals surface area contributed by atoms with Gasteiger partial charge in [-0.25, -0.2) is 0 Å². The van der Waals surface area contributed by atoms with Crippen LogP contribution in [0.3, 0.4) is 0 Å². The van der Waals surface area contributed by atoms with Crippen LogP contribution in [0.2, 0.25) is 0 Å². The monoisotopic (exact) mass is 188 g/mol. The molecule has 0 saturated heterocycles. The van der Waals surface area contributed by atoms with Gasteiger partial charge >= 0.3 is 0 Å². The van der Waals surface area contributed by atoms with E-state index in [4.69, 9.17) is 0 Å². The van der Waals surface area contributed by atoms with Crippen molar-refractivity contribution in [1.29, 1.82) is 0 Å². The Hall–Kier alpha value is -1.88. The summed E-state index contributed by atoms with van der Waals surface area (Å²) in [6.07, 6.45) is 6.84. The van der Waals surface area contributed by atoms with Crippen molar-refractivity contribution >= 4 is 0 Å². The molecule has 0 radical (unpaired) electrons. The van der Waals surface area contributed by atoms with E-state index in [0.29, 0.717) is 11.3 Å². The minimum atomic E-state index is -0.792. The predicted molar refractivity (Wildman–Crippen MR) is 48.1 cm³/mol. The van der Waals surface area contributed by atoms with Crippen LogP contribution < -0.4 is 0 Å². The Bertz CT molecular complexity index is 353. The van der Waals surface area contributed by atoms with Crippen LogP contribution in [-0.2, 0) is 0 Å². The molecule has 2 aromatic heterocycles. The molecule has 0 spiro atoms. The van der Waals surface area contributed by atoms with Crippen LogP contribution in [0.4, 0.5) is 0 Å². The van der Waals surface area contributed by atoms with Crippen molar-refractivity contribution in [3.05, 3.63) is 48.3 Å². The summed E-state index contributed by atoms with van der Waals surface area (Å²) in [5, 5.41) is 17.1. The van der Waals surface area contributed by atoms with E-state index in [1.165, 1.54) is 24.8 Å². The average molecular weight is 188 g/mol. The van der Waals surface area contributed by atoms with Gasteiger partial charge in [0.25, 0.3) is 0 Å². The van der Waals surface area contributed by atoms with Crippen LogP contribution in [0.25, 0.3) is 0 Å². The molecule has 0 aliphatic rings. The summed E-state index contributed by atoms with van der Waals surface area (Å²) < 4.78 is 0. The SMILES string of the molecule is OC(c1ccnnc1)c1cnccn1. The van der Waals surface area contributed by atoms with E-state index in [0.717, 1.165) is 0 Å². The van der Waals surface area contributed by atoms with Crippen LogP contribution in [0.15, 0.2) is 37.1 Å². The van der Waals surface area contributed by atoms with E-state index in [2.05, 4.69) is 20.2 Å². The molecule has 0 amide bonds. The third-order valence-electron chi connectivity index (χ3n) is 1.79. The van der Waals surface area contributed by atoms with Crippen LogP contribution in [0, 0.1) is 0 Å². The standard InChI is InChI=1S/C9H8N4O/c14-9(7-1-2-12-13-5-7)8-6-10-3-4-11-8/h1-6,9,14H. The second kappa shape index (κ2) is 3.89. The van der Waals surface area contributed by atoms with Crippen molar-refractivity contribution in [3.8, 4) is 0 Å². The zero-order valence-electron chi connectivity index (χ0n) is 7.28. The molecule has 0 aliphatic heterocycles. The molecule has 0 saturated carbocycles. The minimum Gasteiger partial charge on any atom is -0.382 e. The van der Waals surface area contributed by atoms with Gasteiger partial charge in [-0.3, -0.25) is 9.97 Å². The molecule has 0 bridgehead atoms. The Kier molecular flexibility index (Phi) is 2.42. The Morgan fingerprint density at radius 1 is 1.07 bits per heavy atom. The van der Waals surface area contributed by atoms with E-state index >= 15 is 0 Å².